The summed E-state index contributed by atoms with van der Waals surface area (Å²) < 4.78 is 50.0. The van der Waals surface area contributed by atoms with Gasteiger partial charge in [0.1, 0.15) is 33.6 Å². The minimum atomic E-state index is -1.08. The number of hydrogen-bond donors (Lipinski definition) is 2. The number of hydrogen-bond acceptors (Lipinski definition) is 8. The van der Waals surface area contributed by atoms with Crippen molar-refractivity contribution >= 4 is 58.3 Å². The number of unbranched alkanes of at least 4 members (excludes halogenated alkanes) is 1. The summed E-state index contributed by atoms with van der Waals surface area (Å²) in [4.78, 5) is 11.4. The van der Waals surface area contributed by atoms with E-state index in [0.29, 0.717) is 38.7 Å². The van der Waals surface area contributed by atoms with Gasteiger partial charge < -0.3 is 20.7 Å². The molecule has 51 heavy (non-hydrogen) atoms. The Morgan fingerprint density at radius 1 is 1.04 bits per heavy atom. The van der Waals surface area contributed by atoms with Crippen LogP contribution in [0.1, 0.15) is 119 Å². The highest BCUT2D eigenvalue weighted by Crippen LogP contribution is 2.47. The lowest BCUT2D eigenvalue weighted by Gasteiger charge is -2.20. The number of alkyl halides is 1. The maximum absolute atomic E-state index is 16.6. The van der Waals surface area contributed by atoms with Gasteiger partial charge in [0, 0.05) is 41.4 Å². The molecule has 0 aliphatic carbocycles. The largest absolute Gasteiger partial charge is 0.389 e. The number of benzene rings is 2. The number of rotatable bonds is 4. The maximum atomic E-state index is 16.6. The molecule has 2 aromatic carbocycles. The Bertz CT molecular complexity index is 1730. The summed E-state index contributed by atoms with van der Waals surface area (Å²) in [6, 6.07) is 4.93. The van der Waals surface area contributed by atoms with E-state index in [9.17, 15) is 9.65 Å². The van der Waals surface area contributed by atoms with Gasteiger partial charge in [-0.1, -0.05) is 90.8 Å². The number of nitrogens with two attached hydrogens (primary N) is 1. The molecule has 4 heterocycles. The van der Waals surface area contributed by atoms with Crippen molar-refractivity contribution in [3.05, 3.63) is 40.5 Å². The van der Waals surface area contributed by atoms with E-state index in [0.717, 1.165) is 25.1 Å². The first-order chi connectivity index (χ1) is 24.3. The van der Waals surface area contributed by atoms with Crippen molar-refractivity contribution in [3.8, 4) is 17.2 Å². The van der Waals surface area contributed by atoms with Crippen LogP contribution in [0.4, 0.5) is 29.9 Å². The second-order valence-corrected chi connectivity index (χ2v) is 14.8. The Labute approximate surface area is 310 Å². The fourth-order valence-corrected chi connectivity index (χ4v) is 6.19. The van der Waals surface area contributed by atoms with Gasteiger partial charge >= 0.3 is 0 Å². The van der Waals surface area contributed by atoms with Gasteiger partial charge in [0.25, 0.3) is 0 Å². The Kier molecular flexibility index (Phi) is 19.8. The normalized spacial score (nSPS) is 14.3. The molecule has 2 aliphatic rings. The van der Waals surface area contributed by atoms with Gasteiger partial charge in [0.15, 0.2) is 5.82 Å². The Balaban J connectivity index is 0.000000697. The average molecular weight is 749 g/mol. The zero-order chi connectivity index (χ0) is 39.1. The lowest BCUT2D eigenvalue weighted by atomic mass is 9.90. The molecule has 4 aromatic rings. The van der Waals surface area contributed by atoms with Gasteiger partial charge in [0.05, 0.1) is 24.2 Å². The topological polar surface area (TPSA) is 100 Å². The first-order valence-electron chi connectivity index (χ1n) is 18.2. The van der Waals surface area contributed by atoms with Gasteiger partial charge in [-0.15, -0.1) is 11.3 Å². The number of thiophene rings is 1. The van der Waals surface area contributed by atoms with Crippen LogP contribution in [0.3, 0.4) is 0 Å². The van der Waals surface area contributed by atoms with E-state index < -0.39 is 17.0 Å². The molecule has 1 saturated heterocycles. The van der Waals surface area contributed by atoms with Crippen LogP contribution in [0, 0.1) is 28.9 Å². The molecule has 0 radical (unpaired) electrons. The van der Waals surface area contributed by atoms with E-state index >= 15 is 8.78 Å². The molecule has 1 fully saturated rings. The number of nitrogens with one attached hydrogen (secondary N) is 1. The van der Waals surface area contributed by atoms with E-state index in [2.05, 4.69) is 51.0 Å². The SMILES string of the molecule is CC.CC.CC(C)(F)P.CCC.CCCC.CNc1nc(N2CCC(C)C2)nc2c(F)c(-c3c(F)ccc4sc(N)c(C#N)c34)c3c(c12)COC3. The zero-order valence-corrected chi connectivity index (χ0v) is 34.8. The molecular formula is C39H60F3N6OPS. The van der Waals surface area contributed by atoms with E-state index in [1.54, 1.807) is 13.1 Å². The first kappa shape index (κ1) is 45.8. The van der Waals surface area contributed by atoms with Crippen molar-refractivity contribution in [3.63, 3.8) is 0 Å². The molecule has 0 spiro atoms. The Hall–Kier alpha value is -3.19. The predicted octanol–water partition coefficient (Wildman–Crippen LogP) is 12.0. The third kappa shape index (κ3) is 11.7. The third-order valence-corrected chi connectivity index (χ3v) is 8.41. The van der Waals surface area contributed by atoms with Gasteiger partial charge in [-0.25, -0.2) is 18.2 Å². The monoisotopic (exact) mass is 748 g/mol. The summed E-state index contributed by atoms with van der Waals surface area (Å²) in [5.74, 6) is 0.146. The number of anilines is 3. The minimum absolute atomic E-state index is 0.0223. The fraction of sp³-hybridized carbons (Fsp3) is 0.564. The van der Waals surface area contributed by atoms with Crippen LogP contribution in [0.25, 0.3) is 32.1 Å². The summed E-state index contributed by atoms with van der Waals surface area (Å²) in [6.07, 6.45) is 4.89. The number of nitrogen functional groups attached to an aromatic ring is 1. The maximum Gasteiger partial charge on any atom is 0.228 e. The highest BCUT2D eigenvalue weighted by molar-refractivity contribution is 7.23. The van der Waals surface area contributed by atoms with Gasteiger partial charge in [-0.2, -0.15) is 10.2 Å². The zero-order valence-electron chi connectivity index (χ0n) is 32.8. The fourth-order valence-electron chi connectivity index (χ4n) is 5.26. The van der Waals surface area contributed by atoms with Crippen LogP contribution >= 0.6 is 20.6 Å². The molecule has 0 bridgehead atoms. The highest BCUT2D eigenvalue weighted by Gasteiger charge is 2.32. The molecule has 3 N–H and O–H groups in total. The van der Waals surface area contributed by atoms with Crippen LogP contribution < -0.4 is 16.0 Å². The van der Waals surface area contributed by atoms with Gasteiger partial charge in [-0.05, 0) is 49.4 Å². The second-order valence-electron chi connectivity index (χ2n) is 12.3. The van der Waals surface area contributed by atoms with Crippen molar-refractivity contribution in [2.45, 2.75) is 120 Å². The van der Waals surface area contributed by atoms with Crippen molar-refractivity contribution in [1.29, 1.82) is 5.26 Å². The van der Waals surface area contributed by atoms with Crippen LogP contribution in [0.2, 0.25) is 0 Å². The molecule has 7 nitrogen and oxygen atoms in total. The molecule has 2 atom stereocenters. The number of nitriles is 1. The molecule has 2 aromatic heterocycles. The average Bonchev–Trinajstić information content (AvgIpc) is 3.85. The van der Waals surface area contributed by atoms with E-state index in [-0.39, 0.29) is 40.4 Å². The summed E-state index contributed by atoms with van der Waals surface area (Å²) in [6.45, 7) is 23.6. The van der Waals surface area contributed by atoms with Crippen molar-refractivity contribution in [2.75, 3.05) is 36.1 Å². The van der Waals surface area contributed by atoms with Crippen LogP contribution in [0.15, 0.2) is 12.1 Å². The van der Waals surface area contributed by atoms with Crippen molar-refractivity contribution < 1.29 is 17.9 Å². The summed E-state index contributed by atoms with van der Waals surface area (Å²) in [7, 11) is 3.78. The highest BCUT2D eigenvalue weighted by atomic mass is 32.1. The number of halogens is 3. The smallest absolute Gasteiger partial charge is 0.228 e. The Morgan fingerprint density at radius 3 is 2.10 bits per heavy atom. The summed E-state index contributed by atoms with van der Waals surface area (Å²) >= 11 is 1.18. The molecule has 6 rings (SSSR count). The van der Waals surface area contributed by atoms with Gasteiger partial charge in [-0.3, -0.25) is 0 Å². The molecule has 2 unspecified atom stereocenters. The van der Waals surface area contributed by atoms with Crippen LogP contribution in [-0.4, -0.2) is 35.5 Å². The predicted molar refractivity (Wildman–Crippen MR) is 218 cm³/mol. The lowest BCUT2D eigenvalue weighted by Crippen LogP contribution is -2.22. The number of ether oxygens (including phenoxy) is 1. The van der Waals surface area contributed by atoms with Crippen LogP contribution in [0.5, 0.6) is 0 Å². The van der Waals surface area contributed by atoms with E-state index in [1.165, 1.54) is 50.5 Å². The van der Waals surface area contributed by atoms with Crippen molar-refractivity contribution in [2.24, 2.45) is 5.92 Å². The summed E-state index contributed by atoms with van der Waals surface area (Å²) in [5.41, 5.74) is 7.68. The first-order valence-corrected chi connectivity index (χ1v) is 19.6. The quantitative estimate of drug-likeness (QED) is 0.200. The lowest BCUT2D eigenvalue weighted by molar-refractivity contribution is 0.135. The van der Waals surface area contributed by atoms with Crippen LogP contribution in [-0.2, 0) is 18.0 Å². The third-order valence-electron chi connectivity index (χ3n) is 7.42. The summed E-state index contributed by atoms with van der Waals surface area (Å²) in [5, 5.41) is 12.9. The standard InChI is InChI=1S/C25H22F2N6OS.C4H10.C3H8FP.C3H8.2C2H6/c1-11-5-6-33(8-11)25-31-22-19(24(30-2)32-25)14-10-34-9-13(14)18(21(22)27)20-15(26)3-4-16-17(20)12(7-28)23(29)35-16;1-3-4-2;1-3(2,4)5;1-3-2;2*1-2/h3-4,11H,5-6,8-10,29H2,1-2H3,(H,30,31,32);3-4H2,1-2H3;5H2,1-2H3;3H2,1-2H3;2*1-2H3. The molecule has 0 amide bonds. The van der Waals surface area contributed by atoms with Gasteiger partial charge in [0.2, 0.25) is 5.95 Å². The molecular weight excluding hydrogens is 689 g/mol. The second kappa shape index (κ2) is 22.0. The molecule has 284 valence electrons. The number of aromatic nitrogens is 2. The number of fused-ring (bicyclic) bond motifs is 4. The van der Waals surface area contributed by atoms with E-state index in [1.807, 2.05) is 41.8 Å². The van der Waals surface area contributed by atoms with E-state index in [4.69, 9.17) is 15.5 Å². The minimum Gasteiger partial charge on any atom is -0.389 e. The molecule has 12 heteroatoms. The molecule has 0 saturated carbocycles. The Morgan fingerprint density at radius 2 is 1.61 bits per heavy atom. The van der Waals surface area contributed by atoms with Crippen molar-refractivity contribution in [1.82, 2.24) is 9.97 Å². The molecule has 2 aliphatic heterocycles. The number of nitrogens with zero attached hydrogens (tertiary/aromatic N) is 4.